The van der Waals surface area contributed by atoms with Crippen LogP contribution in [0.2, 0.25) is 0 Å². The molecule has 15 heavy (non-hydrogen) atoms. The fourth-order valence-corrected chi connectivity index (χ4v) is 1.25. The first-order chi connectivity index (χ1) is 7.19. The summed E-state index contributed by atoms with van der Waals surface area (Å²) in [6.07, 6.45) is 0. The molecule has 1 aromatic carbocycles. The Kier molecular flexibility index (Phi) is 4.07. The summed E-state index contributed by atoms with van der Waals surface area (Å²) < 4.78 is 12.9. The number of benzene rings is 1. The van der Waals surface area contributed by atoms with Crippen molar-refractivity contribution in [2.75, 3.05) is 17.3 Å². The summed E-state index contributed by atoms with van der Waals surface area (Å²) in [4.78, 5) is 12.5. The number of alkyl halides is 1. The monoisotopic (exact) mass is 226 g/mol. The highest BCUT2D eigenvalue weighted by Gasteiger charge is 2.14. The minimum absolute atomic E-state index is 0.144. The van der Waals surface area contributed by atoms with Crippen LogP contribution in [0.15, 0.2) is 24.3 Å². The molecule has 0 bridgehead atoms. The molecule has 0 radical (unpaired) electrons. The smallest absolute Gasteiger partial charge is 0.242 e. The van der Waals surface area contributed by atoms with Gasteiger partial charge in [-0.3, -0.25) is 9.69 Å². The normalized spacial score (nSPS) is 9.40. The summed E-state index contributed by atoms with van der Waals surface area (Å²) in [6, 6.07) is 7.29. The third-order valence-electron chi connectivity index (χ3n) is 1.76. The van der Waals surface area contributed by atoms with Crippen molar-refractivity contribution in [3.63, 3.8) is 0 Å². The van der Waals surface area contributed by atoms with Crippen molar-refractivity contribution in [1.29, 1.82) is 5.26 Å². The zero-order chi connectivity index (χ0) is 11.3. The number of amides is 1. The molecule has 0 aromatic heterocycles. The van der Waals surface area contributed by atoms with Crippen molar-refractivity contribution >= 4 is 23.2 Å². The zero-order valence-corrected chi connectivity index (χ0v) is 8.54. The number of anilines is 1. The number of hydrogen-bond donors (Lipinski definition) is 0. The molecule has 0 aliphatic heterocycles. The fraction of sp³-hybridized carbons (Fsp3) is 0.200. The van der Waals surface area contributed by atoms with Crippen LogP contribution in [0.3, 0.4) is 0 Å². The van der Waals surface area contributed by atoms with Crippen LogP contribution in [-0.2, 0) is 4.79 Å². The molecule has 0 spiro atoms. The van der Waals surface area contributed by atoms with Gasteiger partial charge in [0.05, 0.1) is 6.07 Å². The van der Waals surface area contributed by atoms with Gasteiger partial charge in [0.25, 0.3) is 0 Å². The van der Waals surface area contributed by atoms with E-state index in [9.17, 15) is 9.18 Å². The predicted molar refractivity (Wildman–Crippen MR) is 55.1 cm³/mol. The van der Waals surface area contributed by atoms with Crippen LogP contribution in [-0.4, -0.2) is 18.3 Å². The highest BCUT2D eigenvalue weighted by Crippen LogP contribution is 2.15. The van der Waals surface area contributed by atoms with Gasteiger partial charge >= 0.3 is 0 Å². The Hall–Kier alpha value is -1.60. The van der Waals surface area contributed by atoms with Crippen molar-refractivity contribution < 1.29 is 9.18 Å². The van der Waals surface area contributed by atoms with Gasteiger partial charge in [0, 0.05) is 5.69 Å². The first-order valence-electron chi connectivity index (χ1n) is 4.18. The van der Waals surface area contributed by atoms with Gasteiger partial charge < -0.3 is 0 Å². The second kappa shape index (κ2) is 5.32. The largest absolute Gasteiger partial charge is 0.297 e. The average molecular weight is 227 g/mol. The molecule has 0 aliphatic rings. The molecule has 0 unspecified atom stereocenters. The van der Waals surface area contributed by atoms with Gasteiger partial charge in [0.15, 0.2) is 0 Å². The SMILES string of the molecule is N#CCN(C(=O)CCl)c1cccc(F)c1. The lowest BCUT2D eigenvalue weighted by Gasteiger charge is -2.18. The topological polar surface area (TPSA) is 44.1 Å². The predicted octanol–water partition coefficient (Wildman–Crippen LogP) is 1.92. The van der Waals surface area contributed by atoms with Crippen molar-refractivity contribution in [3.05, 3.63) is 30.1 Å². The summed E-state index contributed by atoms with van der Waals surface area (Å²) in [5, 5.41) is 8.53. The van der Waals surface area contributed by atoms with E-state index in [0.29, 0.717) is 5.69 Å². The number of nitriles is 1. The Balaban J connectivity index is 2.99. The molecule has 78 valence electrons. The Morgan fingerprint density at radius 3 is 2.87 bits per heavy atom. The minimum atomic E-state index is -0.460. The van der Waals surface area contributed by atoms with E-state index in [-0.39, 0.29) is 12.4 Å². The van der Waals surface area contributed by atoms with E-state index >= 15 is 0 Å². The molecule has 0 N–H and O–H groups in total. The lowest BCUT2D eigenvalue weighted by atomic mass is 10.2. The van der Waals surface area contributed by atoms with Gasteiger partial charge in [-0.1, -0.05) is 6.07 Å². The number of hydrogen-bond acceptors (Lipinski definition) is 2. The highest BCUT2D eigenvalue weighted by molar-refractivity contribution is 6.29. The van der Waals surface area contributed by atoms with Crippen molar-refractivity contribution in [3.8, 4) is 6.07 Å². The molecule has 0 aliphatic carbocycles. The molecule has 0 saturated carbocycles. The molecular weight excluding hydrogens is 219 g/mol. The lowest BCUT2D eigenvalue weighted by molar-refractivity contribution is -0.116. The molecule has 1 aromatic rings. The van der Waals surface area contributed by atoms with Crippen molar-refractivity contribution in [2.45, 2.75) is 0 Å². The van der Waals surface area contributed by atoms with Crippen LogP contribution >= 0.6 is 11.6 Å². The van der Waals surface area contributed by atoms with Gasteiger partial charge in [-0.25, -0.2) is 4.39 Å². The standard InChI is InChI=1S/C10H8ClFN2O/c11-7-10(15)14(5-4-13)9-3-1-2-8(12)6-9/h1-3,6H,5,7H2. The molecule has 5 heteroatoms. The number of carbonyl (C=O) groups excluding carboxylic acids is 1. The second-order valence-corrected chi connectivity index (χ2v) is 3.02. The van der Waals surface area contributed by atoms with Crippen LogP contribution in [0, 0.1) is 17.1 Å². The van der Waals surface area contributed by atoms with Crippen LogP contribution in [0.5, 0.6) is 0 Å². The number of carbonyl (C=O) groups is 1. The van der Waals surface area contributed by atoms with E-state index in [1.165, 1.54) is 18.2 Å². The quantitative estimate of drug-likeness (QED) is 0.584. The van der Waals surface area contributed by atoms with E-state index in [1.54, 1.807) is 6.07 Å². The summed E-state index contributed by atoms with van der Waals surface area (Å²) in [6.45, 7) is -0.144. The maximum atomic E-state index is 12.9. The van der Waals surface area contributed by atoms with Gasteiger partial charge in [-0.05, 0) is 18.2 Å². The first kappa shape index (κ1) is 11.5. The maximum Gasteiger partial charge on any atom is 0.242 e. The molecule has 3 nitrogen and oxygen atoms in total. The van der Waals surface area contributed by atoms with E-state index in [0.717, 1.165) is 4.90 Å². The van der Waals surface area contributed by atoms with E-state index in [1.807, 2.05) is 6.07 Å². The Morgan fingerprint density at radius 1 is 1.60 bits per heavy atom. The zero-order valence-electron chi connectivity index (χ0n) is 7.78. The average Bonchev–Trinajstić information content (AvgIpc) is 2.25. The maximum absolute atomic E-state index is 12.9. The molecule has 0 heterocycles. The highest BCUT2D eigenvalue weighted by atomic mass is 35.5. The van der Waals surface area contributed by atoms with E-state index < -0.39 is 11.7 Å². The van der Waals surface area contributed by atoms with Crippen molar-refractivity contribution in [2.24, 2.45) is 0 Å². The van der Waals surface area contributed by atoms with Gasteiger partial charge in [0.1, 0.15) is 18.2 Å². The number of rotatable bonds is 3. The van der Waals surface area contributed by atoms with Crippen LogP contribution < -0.4 is 4.90 Å². The van der Waals surface area contributed by atoms with Crippen LogP contribution in [0.1, 0.15) is 0 Å². The van der Waals surface area contributed by atoms with E-state index in [2.05, 4.69) is 0 Å². The minimum Gasteiger partial charge on any atom is -0.297 e. The Morgan fingerprint density at radius 2 is 2.33 bits per heavy atom. The molecule has 0 saturated heterocycles. The third kappa shape index (κ3) is 2.93. The first-order valence-corrected chi connectivity index (χ1v) is 4.71. The Bertz CT molecular complexity index is 403. The summed E-state index contributed by atoms with van der Waals surface area (Å²) in [7, 11) is 0. The molecule has 1 rings (SSSR count). The molecule has 1 amide bonds. The van der Waals surface area contributed by atoms with Gasteiger partial charge in [0.2, 0.25) is 5.91 Å². The van der Waals surface area contributed by atoms with Crippen LogP contribution in [0.4, 0.5) is 10.1 Å². The second-order valence-electron chi connectivity index (χ2n) is 2.75. The Labute approximate surface area is 91.7 Å². The fourth-order valence-electron chi connectivity index (χ4n) is 1.11. The number of halogens is 2. The van der Waals surface area contributed by atoms with E-state index in [4.69, 9.17) is 16.9 Å². The van der Waals surface area contributed by atoms with Gasteiger partial charge in [-0.15, -0.1) is 11.6 Å². The van der Waals surface area contributed by atoms with Crippen molar-refractivity contribution in [1.82, 2.24) is 0 Å². The third-order valence-corrected chi connectivity index (χ3v) is 1.99. The van der Waals surface area contributed by atoms with Crippen LogP contribution in [0.25, 0.3) is 0 Å². The lowest BCUT2D eigenvalue weighted by Crippen LogP contribution is -2.32. The summed E-state index contributed by atoms with van der Waals surface area (Å²) >= 11 is 5.38. The van der Waals surface area contributed by atoms with Gasteiger partial charge in [-0.2, -0.15) is 5.26 Å². The molecule has 0 fully saturated rings. The summed E-state index contributed by atoms with van der Waals surface area (Å²) in [5.74, 6) is -1.13. The molecule has 0 atom stereocenters. The summed E-state index contributed by atoms with van der Waals surface area (Å²) in [5.41, 5.74) is 0.335. The molecular formula is C10H8ClFN2O. The number of nitrogens with zero attached hydrogens (tertiary/aromatic N) is 2.